The number of methoxy groups -OCH3 is 1. The molecule has 22 heavy (non-hydrogen) atoms. The first kappa shape index (κ1) is 18.3. The summed E-state index contributed by atoms with van der Waals surface area (Å²) in [6, 6.07) is 5.16. The van der Waals surface area contributed by atoms with Gasteiger partial charge in [0.15, 0.2) is 0 Å². The molecule has 1 fully saturated rings. The Balaban J connectivity index is 0.00000242. The molecule has 6 nitrogen and oxygen atoms in total. The Kier molecular flexibility index (Phi) is 6.64. The summed E-state index contributed by atoms with van der Waals surface area (Å²) in [5.74, 6) is 0.700. The second-order valence-electron chi connectivity index (χ2n) is 5.29. The van der Waals surface area contributed by atoms with Gasteiger partial charge in [0, 0.05) is 24.6 Å². The molecule has 0 aliphatic carbocycles. The summed E-state index contributed by atoms with van der Waals surface area (Å²) in [6.07, 6.45) is 0. The van der Waals surface area contributed by atoms with Crippen LogP contribution in [0.1, 0.15) is 13.8 Å². The van der Waals surface area contributed by atoms with Gasteiger partial charge in [-0.3, -0.25) is 9.59 Å². The molecule has 0 saturated carbocycles. The first-order chi connectivity index (χ1) is 10.0. The van der Waals surface area contributed by atoms with Crippen molar-refractivity contribution in [1.29, 1.82) is 0 Å². The van der Waals surface area contributed by atoms with E-state index in [1.54, 1.807) is 18.2 Å². The van der Waals surface area contributed by atoms with Crippen LogP contribution in [0, 0.1) is 11.8 Å². The molecule has 2 amide bonds. The number of rotatable bonds is 5. The van der Waals surface area contributed by atoms with Crippen molar-refractivity contribution in [2.24, 2.45) is 11.8 Å². The lowest BCUT2D eigenvalue weighted by molar-refractivity contribution is -0.121. The Morgan fingerprint density at radius 2 is 2.00 bits per heavy atom. The second-order valence-corrected chi connectivity index (χ2v) is 5.29. The average molecular weight is 328 g/mol. The Labute approximate surface area is 136 Å². The molecule has 1 aromatic rings. The van der Waals surface area contributed by atoms with Crippen molar-refractivity contribution in [2.45, 2.75) is 13.8 Å². The average Bonchev–Trinajstić information content (AvgIpc) is 2.37. The fourth-order valence-corrected chi connectivity index (χ4v) is 2.20. The van der Waals surface area contributed by atoms with Crippen LogP contribution in [0.15, 0.2) is 18.2 Å². The Morgan fingerprint density at radius 3 is 2.50 bits per heavy atom. The van der Waals surface area contributed by atoms with E-state index >= 15 is 0 Å². The number of benzene rings is 1. The van der Waals surface area contributed by atoms with Crippen LogP contribution in [0.3, 0.4) is 0 Å². The zero-order chi connectivity index (χ0) is 15.4. The Hall–Kier alpha value is -1.79. The maximum atomic E-state index is 12.2. The fraction of sp³-hybridized carbons (Fsp3) is 0.467. The summed E-state index contributed by atoms with van der Waals surface area (Å²) < 4.78 is 5.23. The van der Waals surface area contributed by atoms with E-state index in [4.69, 9.17) is 4.74 Å². The highest BCUT2D eigenvalue weighted by Crippen LogP contribution is 2.28. The third-order valence-electron chi connectivity index (χ3n) is 3.71. The summed E-state index contributed by atoms with van der Waals surface area (Å²) in [5.41, 5.74) is 1.24. The van der Waals surface area contributed by atoms with E-state index in [0.29, 0.717) is 23.0 Å². The molecule has 1 heterocycles. The summed E-state index contributed by atoms with van der Waals surface area (Å²) >= 11 is 0. The quantitative estimate of drug-likeness (QED) is 0.771. The van der Waals surface area contributed by atoms with Gasteiger partial charge in [-0.2, -0.15) is 0 Å². The SMILES string of the molecule is COc1cc(NC(=O)C(C)C2CNC2)ccc1NC(C)=O.Cl. The first-order valence-corrected chi connectivity index (χ1v) is 6.98. The van der Waals surface area contributed by atoms with E-state index in [1.165, 1.54) is 14.0 Å². The van der Waals surface area contributed by atoms with E-state index < -0.39 is 0 Å². The molecule has 1 unspecified atom stereocenters. The van der Waals surface area contributed by atoms with Crippen molar-refractivity contribution in [2.75, 3.05) is 30.8 Å². The third kappa shape index (κ3) is 4.35. The lowest BCUT2D eigenvalue weighted by Crippen LogP contribution is -2.48. The van der Waals surface area contributed by atoms with Crippen LogP contribution >= 0.6 is 12.4 Å². The number of carbonyl (C=O) groups excluding carboxylic acids is 2. The molecular weight excluding hydrogens is 306 g/mol. The molecule has 1 atom stereocenters. The molecule has 0 spiro atoms. The Morgan fingerprint density at radius 1 is 1.32 bits per heavy atom. The van der Waals surface area contributed by atoms with Gasteiger partial charge in [-0.1, -0.05) is 6.92 Å². The smallest absolute Gasteiger partial charge is 0.227 e. The van der Waals surface area contributed by atoms with Gasteiger partial charge >= 0.3 is 0 Å². The zero-order valence-corrected chi connectivity index (χ0v) is 13.8. The number of ether oxygens (including phenoxy) is 1. The minimum absolute atomic E-state index is 0. The zero-order valence-electron chi connectivity index (χ0n) is 12.9. The molecule has 7 heteroatoms. The lowest BCUT2D eigenvalue weighted by Gasteiger charge is -2.31. The molecular formula is C15H22ClN3O3. The summed E-state index contributed by atoms with van der Waals surface area (Å²) in [6.45, 7) is 5.14. The molecule has 0 bridgehead atoms. The predicted octanol–water partition coefficient (Wildman–Crippen LogP) is 1.87. The summed E-state index contributed by atoms with van der Waals surface area (Å²) in [5, 5.41) is 8.73. The van der Waals surface area contributed by atoms with E-state index in [0.717, 1.165) is 13.1 Å². The van der Waals surface area contributed by atoms with Gasteiger partial charge in [0.25, 0.3) is 0 Å². The number of anilines is 2. The first-order valence-electron chi connectivity index (χ1n) is 6.98. The van der Waals surface area contributed by atoms with Gasteiger partial charge in [0.2, 0.25) is 11.8 Å². The lowest BCUT2D eigenvalue weighted by atomic mass is 9.88. The molecule has 1 saturated heterocycles. The second kappa shape index (κ2) is 8.00. The largest absolute Gasteiger partial charge is 0.494 e. The fourth-order valence-electron chi connectivity index (χ4n) is 2.20. The van der Waals surface area contributed by atoms with Crippen LogP contribution in [0.5, 0.6) is 5.75 Å². The van der Waals surface area contributed by atoms with Gasteiger partial charge in [0.1, 0.15) is 5.75 Å². The van der Waals surface area contributed by atoms with Gasteiger partial charge < -0.3 is 20.7 Å². The predicted molar refractivity (Wildman–Crippen MR) is 88.7 cm³/mol. The summed E-state index contributed by atoms with van der Waals surface area (Å²) in [7, 11) is 1.52. The standard InChI is InChI=1S/C15H21N3O3.ClH/c1-9(11-7-16-8-11)15(20)18-12-4-5-13(17-10(2)19)14(6-12)21-3;/h4-6,9,11,16H,7-8H2,1-3H3,(H,17,19)(H,18,20);1H. The summed E-state index contributed by atoms with van der Waals surface area (Å²) in [4.78, 5) is 23.3. The molecule has 1 aliphatic heterocycles. The number of halogens is 1. The monoisotopic (exact) mass is 327 g/mol. The highest BCUT2D eigenvalue weighted by molar-refractivity contribution is 5.94. The van der Waals surface area contributed by atoms with Crippen molar-refractivity contribution < 1.29 is 14.3 Å². The Bertz CT molecular complexity index is 547. The van der Waals surface area contributed by atoms with Crippen LogP contribution in [0.25, 0.3) is 0 Å². The van der Waals surface area contributed by atoms with Crippen LogP contribution in [0.2, 0.25) is 0 Å². The van der Waals surface area contributed by atoms with Crippen molar-refractivity contribution in [3.05, 3.63) is 18.2 Å². The van der Waals surface area contributed by atoms with Crippen molar-refractivity contribution >= 4 is 35.6 Å². The normalized spacial score (nSPS) is 15.0. The highest BCUT2D eigenvalue weighted by Gasteiger charge is 2.28. The maximum absolute atomic E-state index is 12.2. The molecule has 2 rings (SSSR count). The van der Waals surface area contributed by atoms with Crippen molar-refractivity contribution in [3.63, 3.8) is 0 Å². The number of nitrogens with one attached hydrogen (secondary N) is 3. The van der Waals surface area contributed by atoms with E-state index in [1.807, 2.05) is 6.92 Å². The van der Waals surface area contributed by atoms with Crippen molar-refractivity contribution in [1.82, 2.24) is 5.32 Å². The minimum atomic E-state index is -0.170. The molecule has 3 N–H and O–H groups in total. The van der Waals surface area contributed by atoms with Crippen molar-refractivity contribution in [3.8, 4) is 5.75 Å². The number of hydrogen-bond acceptors (Lipinski definition) is 4. The minimum Gasteiger partial charge on any atom is -0.494 e. The molecule has 122 valence electrons. The van der Waals surface area contributed by atoms with E-state index in [2.05, 4.69) is 16.0 Å². The number of carbonyl (C=O) groups is 2. The molecule has 1 aromatic carbocycles. The molecule has 1 aliphatic rings. The molecule has 0 aromatic heterocycles. The van der Waals surface area contributed by atoms with Crippen LogP contribution < -0.4 is 20.7 Å². The molecule has 0 radical (unpaired) electrons. The topological polar surface area (TPSA) is 79.5 Å². The van der Waals surface area contributed by atoms with Gasteiger partial charge in [0.05, 0.1) is 12.8 Å². The third-order valence-corrected chi connectivity index (χ3v) is 3.71. The van der Waals surface area contributed by atoms with Crippen LogP contribution in [-0.4, -0.2) is 32.0 Å². The van der Waals surface area contributed by atoms with E-state index in [-0.39, 0.29) is 30.1 Å². The van der Waals surface area contributed by atoms with Gasteiger partial charge in [-0.05, 0) is 31.1 Å². The van der Waals surface area contributed by atoms with Crippen LogP contribution in [0.4, 0.5) is 11.4 Å². The maximum Gasteiger partial charge on any atom is 0.227 e. The van der Waals surface area contributed by atoms with Gasteiger partial charge in [-0.15, -0.1) is 12.4 Å². The van der Waals surface area contributed by atoms with Crippen LogP contribution in [-0.2, 0) is 9.59 Å². The number of hydrogen-bond donors (Lipinski definition) is 3. The number of amides is 2. The van der Waals surface area contributed by atoms with E-state index in [9.17, 15) is 9.59 Å². The highest BCUT2D eigenvalue weighted by atomic mass is 35.5. The van der Waals surface area contributed by atoms with Gasteiger partial charge in [-0.25, -0.2) is 0 Å².